The molecule has 0 aliphatic carbocycles. The number of amides is 1. The monoisotopic (exact) mass is 353 g/mol. The van der Waals surface area contributed by atoms with E-state index in [9.17, 15) is 4.79 Å². The highest BCUT2D eigenvalue weighted by Crippen LogP contribution is 2.26. The molecule has 3 rings (SSSR count). The van der Waals surface area contributed by atoms with E-state index in [0.29, 0.717) is 5.75 Å². The number of carbonyl (C=O) groups is 1. The first-order valence-corrected chi connectivity index (χ1v) is 9.20. The van der Waals surface area contributed by atoms with E-state index >= 15 is 0 Å². The summed E-state index contributed by atoms with van der Waals surface area (Å²) in [7, 11) is 2.13. The lowest BCUT2D eigenvalue weighted by Gasteiger charge is -2.35. The van der Waals surface area contributed by atoms with Gasteiger partial charge in [-0.15, -0.1) is 0 Å². The van der Waals surface area contributed by atoms with Gasteiger partial charge < -0.3 is 19.9 Å². The summed E-state index contributed by atoms with van der Waals surface area (Å²) in [5, 5.41) is 2.99. The standard InChI is InChI=1S/C21H27N3O2/c1-3-17-8-10-18(11-9-17)26-16-21(25)22-19-6-4-5-7-20(19)24-14-12-23(2)13-15-24/h4-11H,3,12-16H2,1-2H3,(H,22,25). The van der Waals surface area contributed by atoms with Gasteiger partial charge in [0.25, 0.3) is 5.91 Å². The largest absolute Gasteiger partial charge is 0.484 e. The highest BCUT2D eigenvalue weighted by molar-refractivity contribution is 5.95. The molecule has 5 nitrogen and oxygen atoms in total. The number of nitrogens with zero attached hydrogens (tertiary/aromatic N) is 2. The zero-order valence-corrected chi connectivity index (χ0v) is 15.6. The molecule has 1 aliphatic rings. The van der Waals surface area contributed by atoms with Crippen LogP contribution in [0.4, 0.5) is 11.4 Å². The topological polar surface area (TPSA) is 44.8 Å². The van der Waals surface area contributed by atoms with Crippen molar-refractivity contribution in [2.75, 3.05) is 50.1 Å². The number of hydrogen-bond acceptors (Lipinski definition) is 4. The smallest absolute Gasteiger partial charge is 0.262 e. The molecule has 5 heteroatoms. The second kappa shape index (κ2) is 8.72. The van der Waals surface area contributed by atoms with Gasteiger partial charge in [0.15, 0.2) is 6.61 Å². The normalized spacial score (nSPS) is 14.9. The molecule has 2 aromatic rings. The first-order chi connectivity index (χ1) is 12.7. The van der Waals surface area contributed by atoms with Crippen molar-refractivity contribution in [1.29, 1.82) is 0 Å². The number of ether oxygens (including phenoxy) is 1. The van der Waals surface area contributed by atoms with E-state index < -0.39 is 0 Å². The maximum Gasteiger partial charge on any atom is 0.262 e. The van der Waals surface area contributed by atoms with Gasteiger partial charge >= 0.3 is 0 Å². The summed E-state index contributed by atoms with van der Waals surface area (Å²) in [5.41, 5.74) is 3.16. The van der Waals surface area contributed by atoms with Gasteiger partial charge in [-0.3, -0.25) is 4.79 Å². The molecule has 1 N–H and O–H groups in total. The molecule has 0 radical (unpaired) electrons. The Labute approximate surface area is 155 Å². The van der Waals surface area contributed by atoms with E-state index in [1.165, 1.54) is 5.56 Å². The lowest BCUT2D eigenvalue weighted by Crippen LogP contribution is -2.44. The van der Waals surface area contributed by atoms with Crippen LogP contribution in [-0.2, 0) is 11.2 Å². The van der Waals surface area contributed by atoms with Gasteiger partial charge in [-0.25, -0.2) is 0 Å². The molecule has 1 heterocycles. The van der Waals surface area contributed by atoms with Crippen LogP contribution < -0.4 is 15.0 Å². The van der Waals surface area contributed by atoms with E-state index in [1.807, 2.05) is 42.5 Å². The predicted molar refractivity (Wildman–Crippen MR) is 106 cm³/mol. The Kier molecular flexibility index (Phi) is 6.12. The van der Waals surface area contributed by atoms with Crippen LogP contribution in [0.25, 0.3) is 0 Å². The van der Waals surface area contributed by atoms with Crippen molar-refractivity contribution in [2.45, 2.75) is 13.3 Å². The van der Waals surface area contributed by atoms with E-state index in [0.717, 1.165) is 44.0 Å². The molecule has 0 spiro atoms. The number of carbonyl (C=O) groups excluding carboxylic acids is 1. The second-order valence-corrected chi connectivity index (χ2v) is 6.64. The molecular formula is C21H27N3O2. The van der Waals surface area contributed by atoms with Crippen LogP contribution in [-0.4, -0.2) is 50.6 Å². The zero-order valence-electron chi connectivity index (χ0n) is 15.6. The molecule has 1 fully saturated rings. The molecule has 0 unspecified atom stereocenters. The Balaban J connectivity index is 1.58. The predicted octanol–water partition coefficient (Wildman–Crippen LogP) is 3.02. The molecular weight excluding hydrogens is 326 g/mol. The van der Waals surface area contributed by atoms with Gasteiger partial charge in [0.2, 0.25) is 0 Å². The third-order valence-corrected chi connectivity index (χ3v) is 4.72. The lowest BCUT2D eigenvalue weighted by molar-refractivity contribution is -0.118. The Morgan fingerprint density at radius 1 is 1.04 bits per heavy atom. The molecule has 0 bridgehead atoms. The summed E-state index contributed by atoms with van der Waals surface area (Å²) >= 11 is 0. The zero-order chi connectivity index (χ0) is 18.4. The molecule has 26 heavy (non-hydrogen) atoms. The quantitative estimate of drug-likeness (QED) is 0.867. The summed E-state index contributed by atoms with van der Waals surface area (Å²) in [4.78, 5) is 17.0. The van der Waals surface area contributed by atoms with E-state index in [1.54, 1.807) is 0 Å². The van der Waals surface area contributed by atoms with Crippen LogP contribution in [0.3, 0.4) is 0 Å². The Hall–Kier alpha value is -2.53. The van der Waals surface area contributed by atoms with E-state index in [-0.39, 0.29) is 12.5 Å². The first-order valence-electron chi connectivity index (χ1n) is 9.20. The number of rotatable bonds is 6. The number of nitrogens with one attached hydrogen (secondary N) is 1. The minimum absolute atomic E-state index is 0.00252. The van der Waals surface area contributed by atoms with Crippen molar-refractivity contribution in [1.82, 2.24) is 4.90 Å². The number of benzene rings is 2. The number of aryl methyl sites for hydroxylation is 1. The van der Waals surface area contributed by atoms with Crippen molar-refractivity contribution in [3.8, 4) is 5.75 Å². The lowest BCUT2D eigenvalue weighted by atomic mass is 10.2. The number of likely N-dealkylation sites (N-methyl/N-ethyl adjacent to an activating group) is 1. The Morgan fingerprint density at radius 2 is 1.73 bits per heavy atom. The molecule has 0 saturated carbocycles. The highest BCUT2D eigenvalue weighted by atomic mass is 16.5. The van der Waals surface area contributed by atoms with Crippen LogP contribution in [0, 0.1) is 0 Å². The van der Waals surface area contributed by atoms with Gasteiger partial charge in [-0.05, 0) is 43.3 Å². The minimum atomic E-state index is -0.147. The summed E-state index contributed by atoms with van der Waals surface area (Å²) in [5.74, 6) is 0.566. The van der Waals surface area contributed by atoms with Crippen LogP contribution in [0.2, 0.25) is 0 Å². The Bertz CT molecular complexity index is 722. The number of piperazine rings is 1. The SMILES string of the molecule is CCc1ccc(OCC(=O)Nc2ccccc2N2CCN(C)CC2)cc1. The second-order valence-electron chi connectivity index (χ2n) is 6.64. The number of hydrogen-bond donors (Lipinski definition) is 1. The third kappa shape index (κ3) is 4.76. The molecule has 0 aromatic heterocycles. The summed E-state index contributed by atoms with van der Waals surface area (Å²) in [6.45, 7) is 6.09. The van der Waals surface area contributed by atoms with Crippen molar-refractivity contribution in [3.05, 3.63) is 54.1 Å². The van der Waals surface area contributed by atoms with Gasteiger partial charge in [0.05, 0.1) is 11.4 Å². The maximum atomic E-state index is 12.3. The first kappa shape index (κ1) is 18.3. The molecule has 1 saturated heterocycles. The Morgan fingerprint density at radius 3 is 2.42 bits per heavy atom. The fourth-order valence-corrected chi connectivity index (χ4v) is 3.06. The molecule has 0 atom stereocenters. The van der Waals surface area contributed by atoms with Gasteiger partial charge in [-0.2, -0.15) is 0 Å². The summed E-state index contributed by atoms with van der Waals surface area (Å²) in [6.07, 6.45) is 0.990. The van der Waals surface area contributed by atoms with Crippen LogP contribution in [0.5, 0.6) is 5.75 Å². The van der Waals surface area contributed by atoms with Crippen LogP contribution >= 0.6 is 0 Å². The fourth-order valence-electron chi connectivity index (χ4n) is 3.06. The van der Waals surface area contributed by atoms with Gasteiger partial charge in [0, 0.05) is 26.2 Å². The van der Waals surface area contributed by atoms with Crippen molar-refractivity contribution >= 4 is 17.3 Å². The van der Waals surface area contributed by atoms with E-state index in [4.69, 9.17) is 4.74 Å². The molecule has 1 amide bonds. The number of para-hydroxylation sites is 2. The van der Waals surface area contributed by atoms with Crippen LogP contribution in [0.15, 0.2) is 48.5 Å². The molecule has 138 valence electrons. The average molecular weight is 353 g/mol. The highest BCUT2D eigenvalue weighted by Gasteiger charge is 2.17. The van der Waals surface area contributed by atoms with Crippen LogP contribution in [0.1, 0.15) is 12.5 Å². The summed E-state index contributed by atoms with van der Waals surface area (Å²) in [6, 6.07) is 15.8. The maximum absolute atomic E-state index is 12.3. The van der Waals surface area contributed by atoms with Gasteiger partial charge in [-0.1, -0.05) is 31.2 Å². The summed E-state index contributed by atoms with van der Waals surface area (Å²) < 4.78 is 5.61. The van der Waals surface area contributed by atoms with Crippen molar-refractivity contribution < 1.29 is 9.53 Å². The molecule has 1 aliphatic heterocycles. The molecule has 2 aromatic carbocycles. The van der Waals surface area contributed by atoms with Crippen molar-refractivity contribution in [3.63, 3.8) is 0 Å². The minimum Gasteiger partial charge on any atom is -0.484 e. The van der Waals surface area contributed by atoms with Crippen molar-refractivity contribution in [2.24, 2.45) is 0 Å². The fraction of sp³-hybridized carbons (Fsp3) is 0.381. The third-order valence-electron chi connectivity index (χ3n) is 4.72. The van der Waals surface area contributed by atoms with Gasteiger partial charge in [0.1, 0.15) is 5.75 Å². The average Bonchev–Trinajstić information content (AvgIpc) is 2.68. The number of anilines is 2. The van der Waals surface area contributed by atoms with E-state index in [2.05, 4.69) is 35.2 Å².